The smallest absolute Gasteiger partial charge is 0.335 e. The Morgan fingerprint density at radius 2 is 0.887 bits per heavy atom. The highest BCUT2D eigenvalue weighted by molar-refractivity contribution is 5.74. The van der Waals surface area contributed by atoms with Crippen molar-refractivity contribution in [1.82, 2.24) is 0 Å². The van der Waals surface area contributed by atoms with Crippen molar-refractivity contribution in [1.29, 1.82) is 0 Å². The number of carboxylic acids is 1. The summed E-state index contributed by atoms with van der Waals surface area (Å²) in [6.07, 6.45) is 48.2. The van der Waals surface area contributed by atoms with E-state index in [1.54, 1.807) is 0 Å². The van der Waals surface area contributed by atoms with Crippen LogP contribution in [0.1, 0.15) is 201 Å². The van der Waals surface area contributed by atoms with Gasteiger partial charge in [-0.1, -0.05) is 163 Å². The van der Waals surface area contributed by atoms with Crippen LogP contribution in [0.2, 0.25) is 0 Å². The van der Waals surface area contributed by atoms with Crippen molar-refractivity contribution in [2.24, 2.45) is 0 Å². The molecule has 402 valence electrons. The molecule has 6 unspecified atom stereocenters. The van der Waals surface area contributed by atoms with Crippen LogP contribution in [0.3, 0.4) is 0 Å². The molecule has 12 heteroatoms. The van der Waals surface area contributed by atoms with E-state index in [0.717, 1.165) is 116 Å². The number of aliphatic carboxylic acids is 1. The van der Waals surface area contributed by atoms with Crippen LogP contribution in [0.15, 0.2) is 97.2 Å². The van der Waals surface area contributed by atoms with Gasteiger partial charge in [0, 0.05) is 19.3 Å². The standard InChI is InChI=1S/C59H94O12/c1-4-7-10-13-16-19-22-25-26-29-30-33-36-39-42-45-51(60)67-48-50(69-52(61)46-43-40-37-34-31-27-23-20-17-14-11-8-5-2)49-68-59-57(55(64)54(63)56(71-59)58(65)66)70-53(62)47-44-41-38-35-32-28-24-21-18-15-12-9-6-3/h7-8,10-11,16-17,19-21,24-27,30-31,33,50,54-57,59,63-64H,4-6,9,12-15,18,22-23,28-29,32,34-49H2,1-3H3,(H,65,66)/b10-7-,11-8-,19-16-,20-17-,24-21-,26-25-,31-27-,33-30-. The third-order valence-electron chi connectivity index (χ3n) is 11.6. The molecule has 0 aromatic rings. The van der Waals surface area contributed by atoms with E-state index < -0.39 is 67.3 Å². The zero-order chi connectivity index (χ0) is 51.8. The molecule has 1 aliphatic heterocycles. The number of hydrogen-bond acceptors (Lipinski definition) is 11. The molecule has 1 saturated heterocycles. The maximum Gasteiger partial charge on any atom is 0.335 e. The topological polar surface area (TPSA) is 175 Å². The van der Waals surface area contributed by atoms with Gasteiger partial charge in [-0.3, -0.25) is 14.4 Å². The SMILES string of the molecule is CC/C=C\C/C=C\C/C=C\C/C=C\CCCCC(=O)OCC(COC1OC(C(=O)O)C(O)C(O)C1OC(=O)CCCCCCC/C=C\CCCCCC)OC(=O)CCCCC/C=C\C/C=C\C/C=C\CC. The summed E-state index contributed by atoms with van der Waals surface area (Å²) in [4.78, 5) is 50.9. The number of hydrogen-bond donors (Lipinski definition) is 3. The molecule has 0 aromatic carbocycles. The summed E-state index contributed by atoms with van der Waals surface area (Å²) in [5.74, 6) is -3.24. The number of aliphatic hydroxyl groups excluding tert-OH is 2. The summed E-state index contributed by atoms with van der Waals surface area (Å²) in [6.45, 7) is 5.65. The number of carboxylic acid groups (broad SMARTS) is 1. The number of carbonyl (C=O) groups excluding carboxylic acids is 3. The molecule has 71 heavy (non-hydrogen) atoms. The van der Waals surface area contributed by atoms with E-state index in [-0.39, 0.29) is 25.9 Å². The first-order valence-electron chi connectivity index (χ1n) is 27.2. The van der Waals surface area contributed by atoms with Gasteiger partial charge in [-0.25, -0.2) is 4.79 Å². The second-order valence-corrected chi connectivity index (χ2v) is 18.1. The lowest BCUT2D eigenvalue weighted by Crippen LogP contribution is -2.61. The van der Waals surface area contributed by atoms with Crippen molar-refractivity contribution in [3.63, 3.8) is 0 Å². The van der Waals surface area contributed by atoms with Gasteiger partial charge >= 0.3 is 23.9 Å². The van der Waals surface area contributed by atoms with Crippen molar-refractivity contribution >= 4 is 23.9 Å². The molecule has 1 rings (SSSR count). The number of esters is 3. The van der Waals surface area contributed by atoms with Crippen molar-refractivity contribution in [3.05, 3.63) is 97.2 Å². The molecule has 0 aromatic heterocycles. The van der Waals surface area contributed by atoms with E-state index in [0.29, 0.717) is 19.3 Å². The first-order valence-corrected chi connectivity index (χ1v) is 27.2. The fourth-order valence-corrected chi connectivity index (χ4v) is 7.48. The average molecular weight is 995 g/mol. The number of allylic oxidation sites excluding steroid dienone is 16. The zero-order valence-electron chi connectivity index (χ0n) is 43.9. The Morgan fingerprint density at radius 3 is 1.41 bits per heavy atom. The van der Waals surface area contributed by atoms with Crippen LogP contribution >= 0.6 is 0 Å². The number of carbonyl (C=O) groups is 4. The molecule has 3 N–H and O–H groups in total. The van der Waals surface area contributed by atoms with Crippen molar-refractivity contribution in [3.8, 4) is 0 Å². The Bertz CT molecular complexity index is 1610. The normalized spacial score (nSPS) is 19.3. The first kappa shape index (κ1) is 64.7. The highest BCUT2D eigenvalue weighted by Gasteiger charge is 2.50. The summed E-state index contributed by atoms with van der Waals surface area (Å²) in [5.41, 5.74) is 0. The third kappa shape index (κ3) is 37.1. The lowest BCUT2D eigenvalue weighted by Gasteiger charge is -2.40. The van der Waals surface area contributed by atoms with Crippen molar-refractivity contribution in [2.75, 3.05) is 13.2 Å². The molecule has 0 bridgehead atoms. The van der Waals surface area contributed by atoms with Crippen molar-refractivity contribution < 1.29 is 58.2 Å². The highest BCUT2D eigenvalue weighted by atomic mass is 16.7. The third-order valence-corrected chi connectivity index (χ3v) is 11.6. The molecule has 1 heterocycles. The zero-order valence-corrected chi connectivity index (χ0v) is 43.9. The maximum absolute atomic E-state index is 13.1. The maximum atomic E-state index is 13.1. The summed E-state index contributed by atoms with van der Waals surface area (Å²) in [7, 11) is 0. The number of ether oxygens (including phenoxy) is 5. The lowest BCUT2D eigenvalue weighted by atomic mass is 9.98. The quantitative estimate of drug-likeness (QED) is 0.0228. The van der Waals surface area contributed by atoms with Crippen LogP contribution in [-0.2, 0) is 42.9 Å². The van der Waals surface area contributed by atoms with Crippen LogP contribution in [0.5, 0.6) is 0 Å². The molecule has 0 spiro atoms. The van der Waals surface area contributed by atoms with Crippen LogP contribution in [-0.4, -0.2) is 89.2 Å². The molecule has 0 saturated carbocycles. The van der Waals surface area contributed by atoms with Gasteiger partial charge in [0.2, 0.25) is 0 Å². The summed E-state index contributed by atoms with van der Waals surface area (Å²) < 4.78 is 28.2. The predicted octanol–water partition coefficient (Wildman–Crippen LogP) is 13.3. The molecule has 1 fully saturated rings. The van der Waals surface area contributed by atoms with Crippen LogP contribution in [0, 0.1) is 0 Å². The van der Waals surface area contributed by atoms with Gasteiger partial charge in [0.15, 0.2) is 24.6 Å². The Hall–Kier alpha value is -4.36. The van der Waals surface area contributed by atoms with Crippen LogP contribution < -0.4 is 0 Å². The van der Waals surface area contributed by atoms with E-state index in [1.807, 2.05) is 0 Å². The van der Waals surface area contributed by atoms with Gasteiger partial charge in [0.1, 0.15) is 18.8 Å². The largest absolute Gasteiger partial charge is 0.479 e. The Balaban J connectivity index is 2.78. The van der Waals surface area contributed by atoms with E-state index >= 15 is 0 Å². The van der Waals surface area contributed by atoms with Gasteiger partial charge in [-0.15, -0.1) is 0 Å². The lowest BCUT2D eigenvalue weighted by molar-refractivity contribution is -0.301. The average Bonchev–Trinajstić information content (AvgIpc) is 3.35. The number of aliphatic hydroxyl groups is 2. The fraction of sp³-hybridized carbons (Fsp3) is 0.661. The molecular weight excluding hydrogens is 901 g/mol. The number of unbranched alkanes of at least 4 members (excludes halogenated alkanes) is 14. The molecule has 1 aliphatic rings. The van der Waals surface area contributed by atoms with Gasteiger partial charge in [-0.2, -0.15) is 0 Å². The molecule has 0 aliphatic carbocycles. The summed E-state index contributed by atoms with van der Waals surface area (Å²) in [6, 6.07) is 0. The summed E-state index contributed by atoms with van der Waals surface area (Å²) >= 11 is 0. The minimum atomic E-state index is -1.92. The molecule has 0 amide bonds. The first-order chi connectivity index (χ1) is 34.6. The highest BCUT2D eigenvalue weighted by Crippen LogP contribution is 2.26. The summed E-state index contributed by atoms with van der Waals surface area (Å²) in [5, 5.41) is 31.4. The van der Waals surface area contributed by atoms with Crippen LogP contribution in [0.4, 0.5) is 0 Å². The fourth-order valence-electron chi connectivity index (χ4n) is 7.48. The van der Waals surface area contributed by atoms with E-state index in [2.05, 4.69) is 118 Å². The van der Waals surface area contributed by atoms with Crippen molar-refractivity contribution in [2.45, 2.75) is 237 Å². The van der Waals surface area contributed by atoms with E-state index in [9.17, 15) is 34.5 Å². The Morgan fingerprint density at radius 1 is 0.479 bits per heavy atom. The molecule has 12 nitrogen and oxygen atoms in total. The minimum absolute atomic E-state index is 0.0382. The minimum Gasteiger partial charge on any atom is -0.479 e. The Labute approximate surface area is 428 Å². The van der Waals surface area contributed by atoms with Crippen LogP contribution in [0.25, 0.3) is 0 Å². The predicted molar refractivity (Wildman–Crippen MR) is 284 cm³/mol. The second kappa shape index (κ2) is 46.7. The molecule has 0 radical (unpaired) electrons. The molecule has 6 atom stereocenters. The second-order valence-electron chi connectivity index (χ2n) is 18.1. The van der Waals surface area contributed by atoms with E-state index in [4.69, 9.17) is 23.7 Å². The van der Waals surface area contributed by atoms with Gasteiger partial charge < -0.3 is 39.0 Å². The van der Waals surface area contributed by atoms with Gasteiger partial charge in [0.05, 0.1) is 6.61 Å². The van der Waals surface area contributed by atoms with Gasteiger partial charge in [0.25, 0.3) is 0 Å². The monoisotopic (exact) mass is 995 g/mol. The number of rotatable bonds is 44. The Kier molecular flexibility index (Phi) is 42.5. The molecular formula is C59H94O12. The van der Waals surface area contributed by atoms with E-state index in [1.165, 1.54) is 25.7 Å². The van der Waals surface area contributed by atoms with Gasteiger partial charge in [-0.05, 0) is 116 Å².